The molecule has 0 spiro atoms. The smallest absolute Gasteiger partial charge is 0.410 e. The van der Waals surface area contributed by atoms with Crippen LogP contribution in [0.15, 0.2) is 151 Å². The van der Waals surface area contributed by atoms with E-state index >= 15 is 4.79 Å². The summed E-state index contributed by atoms with van der Waals surface area (Å²) in [5, 5.41) is 36.8. The van der Waals surface area contributed by atoms with Crippen LogP contribution in [-0.2, 0) is 27.5 Å². The fraction of sp³-hybridized carbons (Fsp3) is 0.455. The largest absolute Gasteiger partial charge is 0.459 e. The molecule has 1 saturated carbocycles. The van der Waals surface area contributed by atoms with Gasteiger partial charge >= 0.3 is 6.09 Å². The third kappa shape index (κ3) is 15.3. The van der Waals surface area contributed by atoms with Gasteiger partial charge in [0.15, 0.2) is 0 Å². The van der Waals surface area contributed by atoms with E-state index in [0.717, 1.165) is 67.2 Å². The van der Waals surface area contributed by atoms with E-state index < -0.39 is 34.6 Å². The number of nitro groups is 1. The number of rotatable bonds is 32. The van der Waals surface area contributed by atoms with Crippen molar-refractivity contribution < 1.29 is 48.1 Å². The molecule has 2 aliphatic carbocycles. The lowest BCUT2D eigenvalue weighted by Crippen LogP contribution is -2.70. The number of oxime groups is 1. The number of allylic oxidation sites excluding steroid dienone is 1. The third-order valence-electron chi connectivity index (χ3n) is 16.0. The molecule has 5 aromatic carbocycles. The van der Waals surface area contributed by atoms with E-state index in [-0.39, 0.29) is 69.4 Å². The zero-order valence-electron chi connectivity index (χ0n) is 46.4. The molecule has 426 valence electrons. The Balaban J connectivity index is 1.23. The highest BCUT2D eigenvalue weighted by Gasteiger charge is 2.66. The molecule has 6 atom stereocenters. The minimum Gasteiger partial charge on any atom is -0.459 e. The monoisotopic (exact) mass is 1090 g/mol. The summed E-state index contributed by atoms with van der Waals surface area (Å²) >= 11 is 0. The maximum absolute atomic E-state index is 15.2. The van der Waals surface area contributed by atoms with Gasteiger partial charge in [0.05, 0.1) is 29.8 Å². The Labute approximate surface area is 471 Å². The van der Waals surface area contributed by atoms with Gasteiger partial charge < -0.3 is 34.0 Å². The Morgan fingerprint density at radius 2 is 1.45 bits per heavy atom. The molecule has 1 fully saturated rings. The van der Waals surface area contributed by atoms with Crippen LogP contribution in [0.2, 0.25) is 0 Å². The number of amides is 1. The molecule has 13 nitrogen and oxygen atoms in total. The average molecular weight is 1090 g/mol. The topological polar surface area (TPSA) is 162 Å². The summed E-state index contributed by atoms with van der Waals surface area (Å²) in [7, 11) is 0. The van der Waals surface area contributed by atoms with Crippen molar-refractivity contribution in [2.45, 2.75) is 147 Å². The van der Waals surface area contributed by atoms with E-state index in [0.29, 0.717) is 53.3 Å². The van der Waals surface area contributed by atoms with Crippen molar-refractivity contribution >= 4 is 17.5 Å². The van der Waals surface area contributed by atoms with E-state index in [4.69, 9.17) is 28.9 Å². The van der Waals surface area contributed by atoms with Gasteiger partial charge in [0.25, 0.3) is 5.69 Å². The van der Waals surface area contributed by atoms with Gasteiger partial charge in [-0.1, -0.05) is 149 Å². The van der Waals surface area contributed by atoms with Crippen LogP contribution in [0.4, 0.5) is 14.9 Å². The zero-order chi connectivity index (χ0) is 56.1. The average Bonchev–Trinajstić information content (AvgIpc) is 3.66. The predicted molar refractivity (Wildman–Crippen MR) is 310 cm³/mol. The van der Waals surface area contributed by atoms with Gasteiger partial charge in [0.2, 0.25) is 5.79 Å². The number of ether oxygens (including phenoxy) is 4. The molecule has 80 heavy (non-hydrogen) atoms. The third-order valence-corrected chi connectivity index (χ3v) is 16.0. The number of fused-ring (bicyclic) bond motifs is 2. The second-order valence-corrected chi connectivity index (χ2v) is 21.5. The molecular formula is C66H80FN3O10. The van der Waals surface area contributed by atoms with Crippen molar-refractivity contribution in [1.29, 1.82) is 0 Å². The lowest BCUT2D eigenvalue weighted by atomic mass is 9.55. The van der Waals surface area contributed by atoms with Crippen LogP contribution in [0.1, 0.15) is 139 Å². The van der Waals surface area contributed by atoms with Crippen LogP contribution < -0.4 is 9.47 Å². The molecule has 14 heteroatoms. The molecule has 5 aromatic rings. The van der Waals surface area contributed by atoms with Crippen LogP contribution in [0.25, 0.3) is 11.1 Å². The normalized spacial score (nSPS) is 20.4. The maximum Gasteiger partial charge on any atom is 0.410 e. The van der Waals surface area contributed by atoms with Crippen molar-refractivity contribution in [3.05, 3.63) is 178 Å². The number of non-ortho nitro benzene ring substituents is 1. The number of nitrogens with zero attached hydrogens (tertiary/aromatic N) is 3. The van der Waals surface area contributed by atoms with Gasteiger partial charge in [-0.25, -0.2) is 9.18 Å². The van der Waals surface area contributed by atoms with Crippen molar-refractivity contribution in [1.82, 2.24) is 4.90 Å². The van der Waals surface area contributed by atoms with Crippen molar-refractivity contribution in [3.63, 3.8) is 0 Å². The Hall–Kier alpha value is -6.87. The highest BCUT2D eigenvalue weighted by molar-refractivity contribution is 6.03. The van der Waals surface area contributed by atoms with E-state index in [9.17, 15) is 24.7 Å². The Bertz CT molecular complexity index is 2810. The highest BCUT2D eigenvalue weighted by atomic mass is 19.1. The number of carbonyl (C=O) groups is 1. The van der Waals surface area contributed by atoms with Gasteiger partial charge in [-0.05, 0) is 126 Å². The lowest BCUT2D eigenvalue weighted by molar-refractivity contribution is -0.384. The first-order valence-electron chi connectivity index (χ1n) is 29.1. The van der Waals surface area contributed by atoms with Crippen molar-refractivity contribution in [3.8, 4) is 28.4 Å². The molecule has 2 N–H and O–H groups in total. The number of unbranched alkanes of at least 4 members (excludes halogenated alkanes) is 11. The molecule has 1 aliphatic heterocycles. The van der Waals surface area contributed by atoms with Gasteiger partial charge in [0.1, 0.15) is 35.7 Å². The van der Waals surface area contributed by atoms with Crippen molar-refractivity contribution in [2.24, 2.45) is 22.9 Å². The molecule has 0 radical (unpaired) electrons. The van der Waals surface area contributed by atoms with Gasteiger partial charge in [-0.3, -0.25) is 15.0 Å². The summed E-state index contributed by atoms with van der Waals surface area (Å²) in [4.78, 5) is 34.2. The summed E-state index contributed by atoms with van der Waals surface area (Å²) in [6.45, 7) is 6.67. The molecule has 1 amide bonds. The Kier molecular flexibility index (Phi) is 22.3. The molecule has 8 rings (SSSR count). The van der Waals surface area contributed by atoms with E-state index in [2.05, 4.69) is 37.8 Å². The minimum absolute atomic E-state index is 0.00189. The fourth-order valence-corrected chi connectivity index (χ4v) is 12.0. The van der Waals surface area contributed by atoms with Gasteiger partial charge in [-0.15, -0.1) is 6.58 Å². The number of halogens is 1. The predicted octanol–water partition coefficient (Wildman–Crippen LogP) is 15.6. The van der Waals surface area contributed by atoms with E-state index in [1.807, 2.05) is 54.6 Å². The summed E-state index contributed by atoms with van der Waals surface area (Å²) in [6.07, 6.45) is 18.9. The van der Waals surface area contributed by atoms with Crippen molar-refractivity contribution in [2.75, 3.05) is 26.4 Å². The summed E-state index contributed by atoms with van der Waals surface area (Å²) < 4.78 is 42.3. The Morgan fingerprint density at radius 1 is 0.800 bits per heavy atom. The molecule has 3 aliphatic rings. The van der Waals surface area contributed by atoms with Crippen LogP contribution in [-0.4, -0.2) is 70.1 Å². The first-order chi connectivity index (χ1) is 39.2. The summed E-state index contributed by atoms with van der Waals surface area (Å²) in [5.74, 6) is -1.25. The van der Waals surface area contributed by atoms with Crippen LogP contribution >= 0.6 is 0 Å². The minimum atomic E-state index is -1.59. The molecule has 0 saturated heterocycles. The van der Waals surface area contributed by atoms with Gasteiger partial charge in [0, 0.05) is 49.8 Å². The molecule has 0 aromatic heterocycles. The van der Waals surface area contributed by atoms with Crippen LogP contribution in [0, 0.1) is 33.7 Å². The first-order valence-corrected chi connectivity index (χ1v) is 29.1. The fourth-order valence-electron chi connectivity index (χ4n) is 12.0. The number of aliphatic hydroxyl groups is 2. The van der Waals surface area contributed by atoms with Gasteiger partial charge in [-0.2, -0.15) is 0 Å². The van der Waals surface area contributed by atoms with Crippen LogP contribution in [0.3, 0.4) is 0 Å². The second kappa shape index (κ2) is 30.1. The molecule has 0 bridgehead atoms. The van der Waals surface area contributed by atoms with E-state index in [1.165, 1.54) is 62.8 Å². The first kappa shape index (κ1) is 59.3. The summed E-state index contributed by atoms with van der Waals surface area (Å²) in [6, 6.07) is 35.3. The number of hydrogen-bond acceptors (Lipinski definition) is 11. The number of nitro benzene ring substituents is 1. The SMILES string of the molecule is C=CCO[C@@]12Oc3ccc(Oc4ccc(-c5ccccc5)cc4)cc3[C@H]3[C@H](CCCCO)[C@@H](CCCCO)C=C(C(=NOCc4ccc([N+](=O)[O-])cc4)C[C@@H]1N(Cc1ccc(F)cc1)C(=O)OCCCCCCCCCCCC)[C@H]32. The van der Waals surface area contributed by atoms with E-state index in [1.54, 1.807) is 35.2 Å². The molecular weight excluding hydrogens is 1010 g/mol. The standard InChI is InChI=1S/C66H80FN3O10/c1-3-5-6-7-8-9-10-11-12-20-42-76-65(73)69(46-48-25-31-53(67)32-26-48)62-45-60(68-78-47-49-27-33-54(34-28-49)70(74)75)58-43-52(23-16-18-39-71)57(24-17-19-40-72)63-59-44-56(37-38-61(59)80-66(62,64(58)63)77-41-4-2)79-55-35-29-51(30-36-55)50-21-14-13-15-22-50/h4,13-15,21-22,25-38,43-44,52,57,62-64,71-72H,2-3,5-12,16-20,23-24,39-42,45-47H2,1H3/t52-,57+,62-,63+,64+,66+/m0/s1. The number of hydrogen-bond donors (Lipinski definition) is 2. The van der Waals surface area contributed by atoms with Crippen LogP contribution in [0.5, 0.6) is 17.2 Å². The molecule has 0 unspecified atom stereocenters. The maximum atomic E-state index is 15.2. The lowest BCUT2D eigenvalue weighted by Gasteiger charge is -2.59. The summed E-state index contributed by atoms with van der Waals surface area (Å²) in [5.41, 5.74) is 5.73. The second-order valence-electron chi connectivity index (χ2n) is 21.5. The number of aliphatic hydroxyl groups excluding tert-OH is 2. The highest BCUT2D eigenvalue weighted by Crippen LogP contribution is 2.62. The number of carbonyl (C=O) groups excluding carboxylic acids is 1. The quantitative estimate of drug-likeness (QED) is 0.0183. The zero-order valence-corrected chi connectivity index (χ0v) is 46.4. The number of benzene rings is 5. The Morgan fingerprint density at radius 3 is 2.12 bits per heavy atom. The molecule has 1 heterocycles.